The number of hydrogen-bond acceptors (Lipinski definition) is 7. The number of carbonyl (C=O) groups is 4. The number of phenols is 1. The van der Waals surface area contributed by atoms with E-state index >= 15 is 0 Å². The first-order valence-corrected chi connectivity index (χ1v) is 11.0. The fraction of sp³-hybridized carbons (Fsp3) is 0.545. The van der Waals surface area contributed by atoms with Crippen LogP contribution in [0.4, 0.5) is 0 Å². The van der Waals surface area contributed by atoms with Crippen LogP contribution in [0.3, 0.4) is 0 Å². The number of aliphatic carboxylic acids is 1. The maximum Gasteiger partial charge on any atom is 0.328 e. The van der Waals surface area contributed by atoms with Gasteiger partial charge in [0.15, 0.2) is 0 Å². The zero-order valence-corrected chi connectivity index (χ0v) is 18.2. The number of carboxylic acid groups (broad SMARTS) is 1. The van der Waals surface area contributed by atoms with Crippen LogP contribution in [-0.2, 0) is 25.6 Å². The summed E-state index contributed by atoms with van der Waals surface area (Å²) in [6, 6.07) is 2.49. The summed E-state index contributed by atoms with van der Waals surface area (Å²) < 4.78 is 0. The van der Waals surface area contributed by atoms with Crippen molar-refractivity contribution in [2.24, 2.45) is 5.73 Å². The molecule has 0 bridgehead atoms. The van der Waals surface area contributed by atoms with Gasteiger partial charge in [0, 0.05) is 13.1 Å². The number of rotatable bonds is 8. The van der Waals surface area contributed by atoms with Crippen molar-refractivity contribution in [3.05, 3.63) is 29.8 Å². The molecule has 2 aliphatic heterocycles. The molecular formula is C22H30N4O7. The minimum atomic E-state index is -1.45. The number of amides is 3. The van der Waals surface area contributed by atoms with Gasteiger partial charge in [-0.3, -0.25) is 14.4 Å². The van der Waals surface area contributed by atoms with Crippen molar-refractivity contribution >= 4 is 23.7 Å². The second-order valence-corrected chi connectivity index (χ2v) is 8.44. The highest BCUT2D eigenvalue weighted by molar-refractivity contribution is 5.94. The molecule has 0 spiro atoms. The highest BCUT2D eigenvalue weighted by Gasteiger charge is 2.43. The summed E-state index contributed by atoms with van der Waals surface area (Å²) in [7, 11) is 0. The minimum Gasteiger partial charge on any atom is -0.508 e. The normalized spacial score (nSPS) is 22.1. The van der Waals surface area contributed by atoms with Crippen molar-refractivity contribution in [2.75, 3.05) is 19.7 Å². The van der Waals surface area contributed by atoms with Crippen molar-refractivity contribution in [3.63, 3.8) is 0 Å². The van der Waals surface area contributed by atoms with E-state index < -0.39 is 42.7 Å². The molecule has 4 atom stereocenters. The van der Waals surface area contributed by atoms with Gasteiger partial charge in [0.2, 0.25) is 17.7 Å². The van der Waals surface area contributed by atoms with Crippen LogP contribution in [0.25, 0.3) is 0 Å². The Morgan fingerprint density at radius 2 is 1.64 bits per heavy atom. The van der Waals surface area contributed by atoms with Gasteiger partial charge in [0.05, 0.1) is 12.6 Å². The average molecular weight is 463 g/mol. The molecule has 1 aromatic rings. The zero-order valence-electron chi connectivity index (χ0n) is 18.2. The van der Waals surface area contributed by atoms with Crippen LogP contribution < -0.4 is 11.1 Å². The predicted molar refractivity (Wildman–Crippen MR) is 116 cm³/mol. The minimum absolute atomic E-state index is 0.113. The van der Waals surface area contributed by atoms with Crippen molar-refractivity contribution in [3.8, 4) is 5.75 Å². The molecule has 180 valence electrons. The Balaban J connectivity index is 1.66. The lowest BCUT2D eigenvalue weighted by molar-refractivity contribution is -0.148. The number of aliphatic hydroxyl groups is 1. The van der Waals surface area contributed by atoms with Crippen molar-refractivity contribution in [1.82, 2.24) is 15.1 Å². The van der Waals surface area contributed by atoms with Gasteiger partial charge < -0.3 is 36.2 Å². The number of nitrogens with two attached hydrogens (primary N) is 1. The standard InChI is InChI=1S/C22H30N4O7/c23-15(11-13-5-7-14(28)8-6-13)20(30)26-10-2-4-18(26)21(31)25-9-1-3-17(25)19(29)24-16(12-27)22(32)33/h5-8,15-18,27-28H,1-4,9-12,23H2,(H,24,29)(H,32,33). The van der Waals surface area contributed by atoms with Crippen LogP contribution in [-0.4, -0.2) is 92.7 Å². The van der Waals surface area contributed by atoms with Gasteiger partial charge in [-0.15, -0.1) is 0 Å². The molecule has 0 saturated carbocycles. The Labute approximate surface area is 191 Å². The molecule has 0 aromatic heterocycles. The summed E-state index contributed by atoms with van der Waals surface area (Å²) in [5.41, 5.74) is 6.92. The van der Waals surface area contributed by atoms with E-state index in [1.54, 1.807) is 12.1 Å². The molecule has 4 unspecified atom stereocenters. The number of likely N-dealkylation sites (tertiary alicyclic amines) is 2. The van der Waals surface area contributed by atoms with E-state index in [0.717, 1.165) is 5.56 Å². The SMILES string of the molecule is NC(Cc1ccc(O)cc1)C(=O)N1CCCC1C(=O)N1CCCC1C(=O)NC(CO)C(=O)O. The van der Waals surface area contributed by atoms with Crippen LogP contribution >= 0.6 is 0 Å². The van der Waals surface area contributed by atoms with Crippen molar-refractivity contribution < 1.29 is 34.5 Å². The smallest absolute Gasteiger partial charge is 0.328 e. The lowest BCUT2D eigenvalue weighted by Crippen LogP contribution is -2.56. The van der Waals surface area contributed by atoms with E-state index in [2.05, 4.69) is 5.32 Å². The molecule has 11 heteroatoms. The molecular weight excluding hydrogens is 432 g/mol. The molecule has 0 aliphatic carbocycles. The summed E-state index contributed by atoms with van der Waals surface area (Å²) in [5.74, 6) is -2.60. The summed E-state index contributed by atoms with van der Waals surface area (Å²) in [6.45, 7) is -0.0493. The molecule has 2 saturated heterocycles. The van der Waals surface area contributed by atoms with E-state index in [-0.39, 0.29) is 24.0 Å². The third kappa shape index (κ3) is 5.60. The fourth-order valence-electron chi connectivity index (χ4n) is 4.42. The zero-order chi connectivity index (χ0) is 24.1. The fourth-order valence-corrected chi connectivity index (χ4v) is 4.42. The van der Waals surface area contributed by atoms with Crippen LogP contribution in [0.5, 0.6) is 5.75 Å². The molecule has 2 fully saturated rings. The van der Waals surface area contributed by atoms with Gasteiger partial charge in [-0.05, 0) is 49.8 Å². The molecule has 33 heavy (non-hydrogen) atoms. The Morgan fingerprint density at radius 3 is 2.24 bits per heavy atom. The largest absolute Gasteiger partial charge is 0.508 e. The van der Waals surface area contributed by atoms with E-state index in [0.29, 0.717) is 38.8 Å². The molecule has 1 aromatic carbocycles. The summed E-state index contributed by atoms with van der Waals surface area (Å²) in [5, 5.41) is 29.9. The van der Waals surface area contributed by atoms with Gasteiger partial charge in [-0.25, -0.2) is 4.79 Å². The topological polar surface area (TPSA) is 173 Å². The van der Waals surface area contributed by atoms with Crippen LogP contribution in [0.2, 0.25) is 0 Å². The lowest BCUT2D eigenvalue weighted by Gasteiger charge is -2.32. The van der Waals surface area contributed by atoms with Crippen LogP contribution in [0, 0.1) is 0 Å². The summed E-state index contributed by atoms with van der Waals surface area (Å²) >= 11 is 0. The molecule has 6 N–H and O–H groups in total. The monoisotopic (exact) mass is 462 g/mol. The molecule has 2 aliphatic rings. The number of benzene rings is 1. The van der Waals surface area contributed by atoms with Crippen molar-refractivity contribution in [1.29, 1.82) is 0 Å². The number of carboxylic acids is 1. The number of hydrogen-bond donors (Lipinski definition) is 5. The second-order valence-electron chi connectivity index (χ2n) is 8.44. The first-order valence-electron chi connectivity index (χ1n) is 11.0. The highest BCUT2D eigenvalue weighted by atomic mass is 16.4. The number of nitrogens with zero attached hydrogens (tertiary/aromatic N) is 2. The van der Waals surface area contributed by atoms with E-state index in [4.69, 9.17) is 15.9 Å². The molecule has 11 nitrogen and oxygen atoms in total. The molecule has 2 heterocycles. The third-order valence-corrected chi connectivity index (χ3v) is 6.17. The summed E-state index contributed by atoms with van der Waals surface area (Å²) in [4.78, 5) is 52.9. The van der Waals surface area contributed by atoms with E-state index in [1.165, 1.54) is 21.9 Å². The summed E-state index contributed by atoms with van der Waals surface area (Å²) in [6.07, 6.45) is 2.28. The number of aromatic hydroxyl groups is 1. The molecule has 3 rings (SSSR count). The number of carbonyl (C=O) groups excluding carboxylic acids is 3. The lowest BCUT2D eigenvalue weighted by atomic mass is 10.0. The average Bonchev–Trinajstić information content (AvgIpc) is 3.47. The first kappa shape index (κ1) is 24.5. The van der Waals surface area contributed by atoms with E-state index in [1.807, 2.05) is 0 Å². The Kier molecular flexibility index (Phi) is 7.88. The number of aliphatic hydroxyl groups excluding tert-OH is 1. The Hall–Kier alpha value is -3.18. The van der Waals surface area contributed by atoms with Gasteiger partial charge in [-0.2, -0.15) is 0 Å². The third-order valence-electron chi connectivity index (χ3n) is 6.17. The second kappa shape index (κ2) is 10.6. The maximum absolute atomic E-state index is 13.3. The van der Waals surface area contributed by atoms with Crippen molar-refractivity contribution in [2.45, 2.75) is 56.3 Å². The number of nitrogens with one attached hydrogen (secondary N) is 1. The Morgan fingerprint density at radius 1 is 1.03 bits per heavy atom. The quantitative estimate of drug-likeness (QED) is 0.320. The van der Waals surface area contributed by atoms with Gasteiger partial charge in [0.25, 0.3) is 0 Å². The highest BCUT2D eigenvalue weighted by Crippen LogP contribution is 2.26. The molecule has 0 radical (unpaired) electrons. The predicted octanol–water partition coefficient (Wildman–Crippen LogP) is -1.19. The Bertz CT molecular complexity index is 891. The van der Waals surface area contributed by atoms with Crippen LogP contribution in [0.1, 0.15) is 31.2 Å². The van der Waals surface area contributed by atoms with Crippen LogP contribution in [0.15, 0.2) is 24.3 Å². The number of phenolic OH excluding ortho intramolecular Hbond substituents is 1. The first-order chi connectivity index (χ1) is 15.7. The van der Waals surface area contributed by atoms with E-state index in [9.17, 15) is 24.3 Å². The van der Waals surface area contributed by atoms with Gasteiger partial charge in [0.1, 0.15) is 23.9 Å². The molecule has 3 amide bonds. The maximum atomic E-state index is 13.3. The van der Waals surface area contributed by atoms with Gasteiger partial charge in [-0.1, -0.05) is 12.1 Å². The van der Waals surface area contributed by atoms with Gasteiger partial charge >= 0.3 is 5.97 Å².